The van der Waals surface area contributed by atoms with Crippen LogP contribution in [0.25, 0.3) is 0 Å². The van der Waals surface area contributed by atoms with E-state index in [0.717, 1.165) is 33.7 Å². The zero-order valence-corrected chi connectivity index (χ0v) is 14.6. The average molecular weight is 311 g/mol. The molecule has 23 heavy (non-hydrogen) atoms. The van der Waals surface area contributed by atoms with Crippen LogP contribution in [0, 0.1) is 27.7 Å². The van der Waals surface area contributed by atoms with Gasteiger partial charge in [0.2, 0.25) is 0 Å². The first-order valence-electron chi connectivity index (χ1n) is 8.02. The van der Waals surface area contributed by atoms with Crippen LogP contribution in [0.1, 0.15) is 35.6 Å². The van der Waals surface area contributed by atoms with Crippen molar-refractivity contribution in [2.45, 2.75) is 47.1 Å². The van der Waals surface area contributed by atoms with Gasteiger partial charge in [-0.25, -0.2) is 0 Å². The average Bonchev–Trinajstić information content (AvgIpc) is 2.46. The molecule has 0 saturated heterocycles. The molecular formula is C20H25NO2. The van der Waals surface area contributed by atoms with Crippen molar-refractivity contribution in [3.05, 3.63) is 58.7 Å². The molecule has 3 heteroatoms. The van der Waals surface area contributed by atoms with E-state index < -0.39 is 6.10 Å². The van der Waals surface area contributed by atoms with E-state index >= 15 is 0 Å². The summed E-state index contributed by atoms with van der Waals surface area (Å²) >= 11 is 0. The number of carbonyl (C=O) groups is 1. The van der Waals surface area contributed by atoms with Crippen molar-refractivity contribution in [1.29, 1.82) is 0 Å². The summed E-state index contributed by atoms with van der Waals surface area (Å²) in [5.74, 6) is 0.658. The summed E-state index contributed by atoms with van der Waals surface area (Å²) in [5.41, 5.74) is 5.23. The second-order valence-electron chi connectivity index (χ2n) is 6.15. The molecule has 0 bridgehead atoms. The highest BCUT2D eigenvalue weighted by atomic mass is 16.5. The highest BCUT2D eigenvalue weighted by Crippen LogP contribution is 2.22. The van der Waals surface area contributed by atoms with Crippen LogP contribution in [0.2, 0.25) is 0 Å². The molecule has 1 atom stereocenters. The van der Waals surface area contributed by atoms with Gasteiger partial charge in [-0.2, -0.15) is 0 Å². The fourth-order valence-electron chi connectivity index (χ4n) is 2.58. The summed E-state index contributed by atoms with van der Waals surface area (Å²) in [7, 11) is 0. The Morgan fingerprint density at radius 2 is 1.65 bits per heavy atom. The molecule has 2 aromatic carbocycles. The maximum absolute atomic E-state index is 12.5. The summed E-state index contributed by atoms with van der Waals surface area (Å²) in [4.78, 5) is 12.5. The summed E-state index contributed by atoms with van der Waals surface area (Å²) < 4.78 is 5.96. The van der Waals surface area contributed by atoms with Gasteiger partial charge in [0.15, 0.2) is 6.10 Å². The normalized spacial score (nSPS) is 11.9. The van der Waals surface area contributed by atoms with E-state index in [0.29, 0.717) is 6.42 Å². The molecule has 0 unspecified atom stereocenters. The molecule has 0 aliphatic rings. The Labute approximate surface area is 138 Å². The fourth-order valence-corrected chi connectivity index (χ4v) is 2.58. The minimum absolute atomic E-state index is 0.113. The largest absolute Gasteiger partial charge is 0.480 e. The second-order valence-corrected chi connectivity index (χ2v) is 6.15. The van der Waals surface area contributed by atoms with Crippen LogP contribution in [0.4, 0.5) is 5.69 Å². The first-order chi connectivity index (χ1) is 10.9. The Morgan fingerprint density at radius 3 is 2.26 bits per heavy atom. The van der Waals surface area contributed by atoms with Crippen LogP contribution in [0.5, 0.6) is 5.75 Å². The SMILES string of the molecule is CC[C@@H](Oc1cc(C)ccc1C)C(=O)Nc1cc(C)cc(C)c1. The lowest BCUT2D eigenvalue weighted by atomic mass is 10.1. The molecule has 0 fully saturated rings. The van der Waals surface area contributed by atoms with Crippen molar-refractivity contribution >= 4 is 11.6 Å². The second kappa shape index (κ2) is 7.32. The zero-order chi connectivity index (χ0) is 17.0. The molecule has 0 spiro atoms. The number of hydrogen-bond acceptors (Lipinski definition) is 2. The number of carbonyl (C=O) groups excluding carboxylic acids is 1. The van der Waals surface area contributed by atoms with E-state index in [1.54, 1.807) is 0 Å². The molecule has 0 aliphatic heterocycles. The first-order valence-corrected chi connectivity index (χ1v) is 8.02. The van der Waals surface area contributed by atoms with Gasteiger partial charge in [0.1, 0.15) is 5.75 Å². The van der Waals surface area contributed by atoms with Crippen molar-refractivity contribution in [3.8, 4) is 5.75 Å². The number of aryl methyl sites for hydroxylation is 4. The van der Waals surface area contributed by atoms with Crippen LogP contribution < -0.4 is 10.1 Å². The van der Waals surface area contributed by atoms with Crippen molar-refractivity contribution in [1.82, 2.24) is 0 Å². The van der Waals surface area contributed by atoms with E-state index in [4.69, 9.17) is 4.74 Å². The molecule has 1 amide bonds. The van der Waals surface area contributed by atoms with E-state index in [1.807, 2.05) is 65.0 Å². The number of amides is 1. The van der Waals surface area contributed by atoms with Gasteiger partial charge in [-0.1, -0.05) is 25.1 Å². The monoisotopic (exact) mass is 311 g/mol. The Bertz CT molecular complexity index is 687. The van der Waals surface area contributed by atoms with Gasteiger partial charge in [0.25, 0.3) is 5.91 Å². The van der Waals surface area contributed by atoms with Crippen LogP contribution in [-0.4, -0.2) is 12.0 Å². The Kier molecular flexibility index (Phi) is 5.43. The molecule has 0 heterocycles. The lowest BCUT2D eigenvalue weighted by Gasteiger charge is -2.19. The lowest BCUT2D eigenvalue weighted by molar-refractivity contribution is -0.122. The third kappa shape index (κ3) is 4.59. The predicted molar refractivity (Wildman–Crippen MR) is 95.2 cm³/mol. The smallest absolute Gasteiger partial charge is 0.265 e. The topological polar surface area (TPSA) is 38.3 Å². The maximum atomic E-state index is 12.5. The lowest BCUT2D eigenvalue weighted by Crippen LogP contribution is -2.32. The minimum atomic E-state index is -0.503. The Balaban J connectivity index is 2.13. The van der Waals surface area contributed by atoms with Crippen LogP contribution >= 0.6 is 0 Å². The molecular weight excluding hydrogens is 286 g/mol. The number of ether oxygens (including phenoxy) is 1. The van der Waals surface area contributed by atoms with Crippen molar-refractivity contribution in [2.75, 3.05) is 5.32 Å². The molecule has 3 nitrogen and oxygen atoms in total. The third-order valence-electron chi connectivity index (χ3n) is 3.77. The highest BCUT2D eigenvalue weighted by molar-refractivity contribution is 5.94. The van der Waals surface area contributed by atoms with E-state index in [2.05, 4.69) is 11.4 Å². The number of rotatable bonds is 5. The first kappa shape index (κ1) is 17.1. The van der Waals surface area contributed by atoms with Crippen LogP contribution in [0.15, 0.2) is 36.4 Å². The summed E-state index contributed by atoms with van der Waals surface area (Å²) in [6, 6.07) is 12.0. The van der Waals surface area contributed by atoms with E-state index in [9.17, 15) is 4.79 Å². The molecule has 2 aromatic rings. The van der Waals surface area contributed by atoms with Crippen molar-refractivity contribution in [2.24, 2.45) is 0 Å². The van der Waals surface area contributed by atoms with Gasteiger partial charge < -0.3 is 10.1 Å². The van der Waals surface area contributed by atoms with Gasteiger partial charge >= 0.3 is 0 Å². The molecule has 0 saturated carbocycles. The van der Waals surface area contributed by atoms with Gasteiger partial charge in [-0.15, -0.1) is 0 Å². The van der Waals surface area contributed by atoms with Crippen LogP contribution in [-0.2, 0) is 4.79 Å². The van der Waals surface area contributed by atoms with Gasteiger partial charge in [-0.05, 0) is 74.6 Å². The molecule has 1 N–H and O–H groups in total. The number of anilines is 1. The summed E-state index contributed by atoms with van der Waals surface area (Å²) in [6.07, 6.45) is 0.112. The van der Waals surface area contributed by atoms with Crippen LogP contribution in [0.3, 0.4) is 0 Å². The summed E-state index contributed by atoms with van der Waals surface area (Å²) in [5, 5.41) is 2.96. The number of hydrogen-bond donors (Lipinski definition) is 1. The Hall–Kier alpha value is -2.29. The van der Waals surface area contributed by atoms with Crippen molar-refractivity contribution in [3.63, 3.8) is 0 Å². The van der Waals surface area contributed by atoms with Gasteiger partial charge in [-0.3, -0.25) is 4.79 Å². The minimum Gasteiger partial charge on any atom is -0.480 e. The van der Waals surface area contributed by atoms with Gasteiger partial charge in [0.05, 0.1) is 0 Å². The maximum Gasteiger partial charge on any atom is 0.265 e. The molecule has 2 rings (SSSR count). The number of benzene rings is 2. The quantitative estimate of drug-likeness (QED) is 0.868. The molecule has 0 aliphatic carbocycles. The predicted octanol–water partition coefficient (Wildman–Crippen LogP) is 4.72. The van der Waals surface area contributed by atoms with E-state index in [1.165, 1.54) is 0 Å². The molecule has 0 aromatic heterocycles. The standard InChI is InChI=1S/C20H25NO2/c1-6-18(23-19-12-13(2)7-8-16(19)5)20(22)21-17-10-14(3)9-15(4)11-17/h7-12,18H,6H2,1-5H3,(H,21,22)/t18-/m1/s1. The number of nitrogens with one attached hydrogen (secondary N) is 1. The zero-order valence-electron chi connectivity index (χ0n) is 14.6. The van der Waals surface area contributed by atoms with E-state index in [-0.39, 0.29) is 5.91 Å². The fraction of sp³-hybridized carbons (Fsp3) is 0.350. The van der Waals surface area contributed by atoms with Gasteiger partial charge in [0, 0.05) is 5.69 Å². The Morgan fingerprint density at radius 1 is 1.00 bits per heavy atom. The third-order valence-corrected chi connectivity index (χ3v) is 3.77. The van der Waals surface area contributed by atoms with Crippen molar-refractivity contribution < 1.29 is 9.53 Å². The molecule has 122 valence electrons. The summed E-state index contributed by atoms with van der Waals surface area (Å²) in [6.45, 7) is 10.0. The highest BCUT2D eigenvalue weighted by Gasteiger charge is 2.19. The molecule has 0 radical (unpaired) electrons.